The first-order chi connectivity index (χ1) is 11.5. The van der Waals surface area contributed by atoms with E-state index in [1.54, 1.807) is 0 Å². The fourth-order valence-corrected chi connectivity index (χ4v) is 2.80. The highest BCUT2D eigenvalue weighted by atomic mass is 19.1. The molecule has 3 rings (SSSR count). The summed E-state index contributed by atoms with van der Waals surface area (Å²) < 4.78 is 18.6. The van der Waals surface area contributed by atoms with E-state index in [0.29, 0.717) is 5.69 Å². The summed E-state index contributed by atoms with van der Waals surface area (Å²) in [6, 6.07) is 11.3. The van der Waals surface area contributed by atoms with Crippen molar-refractivity contribution in [2.75, 3.05) is 5.32 Å². The van der Waals surface area contributed by atoms with Crippen LogP contribution in [0.5, 0.6) is 0 Å². The fourth-order valence-electron chi connectivity index (χ4n) is 2.80. The van der Waals surface area contributed by atoms with E-state index in [9.17, 15) is 14.0 Å². The standard InChI is InChI=1S/C19H18FNO3/c1-12(24-19(23)16-7-2-3-8-17(16)20)18(22)21-15-10-9-13-5-4-6-14(13)11-15/h2-3,7-12H,4-6H2,1H3,(H,21,22)/t12-/m1/s1. The van der Waals surface area contributed by atoms with Crippen molar-refractivity contribution in [1.82, 2.24) is 0 Å². The van der Waals surface area contributed by atoms with Crippen LogP contribution in [0.4, 0.5) is 10.1 Å². The average molecular weight is 327 g/mol. The van der Waals surface area contributed by atoms with Gasteiger partial charge in [0, 0.05) is 5.69 Å². The van der Waals surface area contributed by atoms with Crippen LogP contribution in [0.2, 0.25) is 0 Å². The summed E-state index contributed by atoms with van der Waals surface area (Å²) in [6.07, 6.45) is 2.19. The van der Waals surface area contributed by atoms with Crippen molar-refractivity contribution in [3.63, 3.8) is 0 Å². The zero-order valence-electron chi connectivity index (χ0n) is 13.3. The van der Waals surface area contributed by atoms with E-state index >= 15 is 0 Å². The molecule has 0 saturated heterocycles. The minimum Gasteiger partial charge on any atom is -0.449 e. The molecule has 0 radical (unpaired) electrons. The number of nitrogens with one attached hydrogen (secondary N) is 1. The maximum absolute atomic E-state index is 13.6. The van der Waals surface area contributed by atoms with Crippen LogP contribution in [0, 0.1) is 5.82 Å². The highest BCUT2D eigenvalue weighted by molar-refractivity contribution is 5.97. The lowest BCUT2D eigenvalue weighted by Crippen LogP contribution is -2.30. The SMILES string of the molecule is C[C@@H](OC(=O)c1ccccc1F)C(=O)Nc1ccc2c(c1)CCC2. The second-order valence-corrected chi connectivity index (χ2v) is 5.85. The third kappa shape index (κ3) is 3.45. The molecule has 24 heavy (non-hydrogen) atoms. The Morgan fingerprint density at radius 1 is 1.12 bits per heavy atom. The molecule has 0 aliphatic heterocycles. The topological polar surface area (TPSA) is 55.4 Å². The minimum absolute atomic E-state index is 0.185. The lowest BCUT2D eigenvalue weighted by atomic mass is 10.1. The summed E-state index contributed by atoms with van der Waals surface area (Å²) in [5.41, 5.74) is 3.04. The lowest BCUT2D eigenvalue weighted by Gasteiger charge is -2.14. The van der Waals surface area contributed by atoms with Crippen molar-refractivity contribution >= 4 is 17.6 Å². The van der Waals surface area contributed by atoms with Crippen molar-refractivity contribution in [2.45, 2.75) is 32.3 Å². The van der Waals surface area contributed by atoms with Crippen LogP contribution in [0.3, 0.4) is 0 Å². The Hall–Kier alpha value is -2.69. The van der Waals surface area contributed by atoms with Gasteiger partial charge in [0.15, 0.2) is 6.10 Å². The largest absolute Gasteiger partial charge is 0.449 e. The molecule has 1 N–H and O–H groups in total. The van der Waals surface area contributed by atoms with Crippen molar-refractivity contribution < 1.29 is 18.7 Å². The highest BCUT2D eigenvalue weighted by Crippen LogP contribution is 2.25. The number of aryl methyl sites for hydroxylation is 2. The molecule has 0 fully saturated rings. The molecule has 0 aromatic heterocycles. The summed E-state index contributed by atoms with van der Waals surface area (Å²) in [4.78, 5) is 24.1. The van der Waals surface area contributed by atoms with Crippen molar-refractivity contribution in [1.29, 1.82) is 0 Å². The van der Waals surface area contributed by atoms with Gasteiger partial charge in [-0.05, 0) is 61.6 Å². The highest BCUT2D eigenvalue weighted by Gasteiger charge is 2.21. The van der Waals surface area contributed by atoms with Gasteiger partial charge in [-0.3, -0.25) is 4.79 Å². The van der Waals surface area contributed by atoms with Gasteiger partial charge in [0.25, 0.3) is 5.91 Å². The number of hydrogen-bond acceptors (Lipinski definition) is 3. The van der Waals surface area contributed by atoms with Gasteiger partial charge in [-0.25, -0.2) is 9.18 Å². The summed E-state index contributed by atoms with van der Waals surface area (Å²) in [7, 11) is 0. The maximum atomic E-state index is 13.6. The summed E-state index contributed by atoms with van der Waals surface area (Å²) >= 11 is 0. The number of carbonyl (C=O) groups is 2. The van der Waals surface area contributed by atoms with Crippen LogP contribution < -0.4 is 5.32 Å². The summed E-state index contributed by atoms with van der Waals surface area (Å²) in [5, 5.41) is 2.73. The van der Waals surface area contributed by atoms with Crippen molar-refractivity contribution in [3.05, 3.63) is 65.0 Å². The van der Waals surface area contributed by atoms with Crippen molar-refractivity contribution in [2.24, 2.45) is 0 Å². The van der Waals surface area contributed by atoms with Gasteiger partial charge in [-0.2, -0.15) is 0 Å². The van der Waals surface area contributed by atoms with Gasteiger partial charge in [-0.15, -0.1) is 0 Å². The summed E-state index contributed by atoms with van der Waals surface area (Å²) in [6.45, 7) is 1.46. The molecule has 124 valence electrons. The number of carbonyl (C=O) groups excluding carboxylic acids is 2. The maximum Gasteiger partial charge on any atom is 0.341 e. The molecule has 1 aliphatic rings. The second-order valence-electron chi connectivity index (χ2n) is 5.85. The zero-order chi connectivity index (χ0) is 17.1. The first-order valence-corrected chi connectivity index (χ1v) is 7.93. The first kappa shape index (κ1) is 16.2. The third-order valence-electron chi connectivity index (χ3n) is 4.11. The molecule has 5 heteroatoms. The predicted octanol–water partition coefficient (Wildman–Crippen LogP) is 3.50. The van der Waals surface area contributed by atoms with E-state index in [4.69, 9.17) is 4.74 Å². The van der Waals surface area contributed by atoms with Crippen molar-refractivity contribution in [3.8, 4) is 0 Å². The zero-order valence-corrected chi connectivity index (χ0v) is 13.3. The van der Waals surface area contributed by atoms with Gasteiger partial charge >= 0.3 is 5.97 Å². The Kier molecular flexibility index (Phi) is 4.60. The number of hydrogen-bond donors (Lipinski definition) is 1. The van der Waals surface area contributed by atoms with E-state index in [1.165, 1.54) is 42.3 Å². The monoisotopic (exact) mass is 327 g/mol. The number of fused-ring (bicyclic) bond motifs is 1. The number of rotatable bonds is 4. The predicted molar refractivity (Wildman–Crippen MR) is 88.4 cm³/mol. The van der Waals surface area contributed by atoms with Gasteiger partial charge in [0.2, 0.25) is 0 Å². The van der Waals surface area contributed by atoms with E-state index in [-0.39, 0.29) is 5.56 Å². The van der Waals surface area contributed by atoms with Gasteiger partial charge in [-0.1, -0.05) is 18.2 Å². The Labute approximate surface area is 139 Å². The molecule has 1 amide bonds. The molecule has 1 aliphatic carbocycles. The molecule has 4 nitrogen and oxygen atoms in total. The Balaban J connectivity index is 1.63. The molecule has 2 aromatic carbocycles. The van der Waals surface area contributed by atoms with Crippen LogP contribution in [0.25, 0.3) is 0 Å². The van der Waals surface area contributed by atoms with Gasteiger partial charge in [0.1, 0.15) is 5.82 Å². The van der Waals surface area contributed by atoms with Crippen LogP contribution in [-0.4, -0.2) is 18.0 Å². The van der Waals surface area contributed by atoms with Crippen LogP contribution in [0.1, 0.15) is 34.8 Å². The van der Waals surface area contributed by atoms with E-state index in [2.05, 4.69) is 5.32 Å². The van der Waals surface area contributed by atoms with Crippen LogP contribution >= 0.6 is 0 Å². The smallest absolute Gasteiger partial charge is 0.341 e. The van der Waals surface area contributed by atoms with E-state index in [1.807, 2.05) is 18.2 Å². The molecule has 0 heterocycles. The Bertz CT molecular complexity index is 788. The van der Waals surface area contributed by atoms with E-state index < -0.39 is 23.8 Å². The quantitative estimate of drug-likeness (QED) is 0.875. The molecule has 0 saturated carbocycles. The average Bonchev–Trinajstić information content (AvgIpc) is 3.02. The Morgan fingerprint density at radius 2 is 1.88 bits per heavy atom. The molecule has 0 bridgehead atoms. The molecule has 2 aromatic rings. The normalized spacial score (nSPS) is 13.9. The first-order valence-electron chi connectivity index (χ1n) is 7.93. The minimum atomic E-state index is -1.02. The Morgan fingerprint density at radius 3 is 2.67 bits per heavy atom. The molecule has 0 spiro atoms. The molecular weight excluding hydrogens is 309 g/mol. The third-order valence-corrected chi connectivity index (χ3v) is 4.11. The number of benzene rings is 2. The van der Waals surface area contributed by atoms with Crippen LogP contribution in [-0.2, 0) is 22.4 Å². The second kappa shape index (κ2) is 6.83. The summed E-state index contributed by atoms with van der Waals surface area (Å²) in [5.74, 6) is -1.98. The number of ether oxygens (including phenoxy) is 1. The number of esters is 1. The number of halogens is 1. The lowest BCUT2D eigenvalue weighted by molar-refractivity contribution is -0.123. The molecule has 0 unspecified atom stereocenters. The molecular formula is C19H18FNO3. The van der Waals surface area contributed by atoms with Gasteiger partial charge < -0.3 is 10.1 Å². The molecule has 1 atom stereocenters. The van der Waals surface area contributed by atoms with Crippen LogP contribution in [0.15, 0.2) is 42.5 Å². The van der Waals surface area contributed by atoms with Gasteiger partial charge in [0.05, 0.1) is 5.56 Å². The fraction of sp³-hybridized carbons (Fsp3) is 0.263. The number of anilines is 1. The number of amides is 1. The van der Waals surface area contributed by atoms with E-state index in [0.717, 1.165) is 19.3 Å².